The number of allylic oxidation sites excluding steroid dienone is 5. The van der Waals surface area contributed by atoms with E-state index in [4.69, 9.17) is 5.73 Å². The summed E-state index contributed by atoms with van der Waals surface area (Å²) in [5.41, 5.74) is 12.8. The van der Waals surface area contributed by atoms with E-state index >= 15 is 0 Å². The summed E-state index contributed by atoms with van der Waals surface area (Å²) in [6.07, 6.45) is 13.6. The zero-order valence-electron chi connectivity index (χ0n) is 22.1. The molecule has 0 radical (unpaired) electrons. The Labute approximate surface area is 220 Å². The minimum absolute atomic E-state index is 0.143. The minimum atomic E-state index is -0.143. The molecule has 1 amide bonds. The van der Waals surface area contributed by atoms with Crippen LogP contribution in [0.1, 0.15) is 58.9 Å². The number of nitrogens with zero attached hydrogens (tertiary/aromatic N) is 2. The van der Waals surface area contributed by atoms with Crippen LogP contribution in [0, 0.1) is 13.8 Å². The van der Waals surface area contributed by atoms with Gasteiger partial charge in [-0.2, -0.15) is 0 Å². The molecule has 37 heavy (non-hydrogen) atoms. The Hall–Kier alpha value is -4.03. The van der Waals surface area contributed by atoms with Gasteiger partial charge in [-0.15, -0.1) is 0 Å². The van der Waals surface area contributed by atoms with Crippen molar-refractivity contribution < 1.29 is 4.79 Å². The number of benzene rings is 2. The van der Waals surface area contributed by atoms with Crippen molar-refractivity contribution >= 4 is 28.8 Å². The van der Waals surface area contributed by atoms with E-state index in [0.29, 0.717) is 17.2 Å². The van der Waals surface area contributed by atoms with E-state index in [1.807, 2.05) is 68.5 Å². The molecule has 1 heterocycles. The number of unbranched alkanes of at least 4 members (excludes halogenated alkanes) is 2. The molecule has 192 valence electrons. The number of amides is 1. The van der Waals surface area contributed by atoms with Gasteiger partial charge < -0.3 is 16.4 Å². The number of carbonyl (C=O) groups is 1. The molecule has 0 aliphatic rings. The van der Waals surface area contributed by atoms with Crippen molar-refractivity contribution in [2.45, 2.75) is 46.5 Å². The summed E-state index contributed by atoms with van der Waals surface area (Å²) < 4.78 is 0. The van der Waals surface area contributed by atoms with Crippen LogP contribution in [0.15, 0.2) is 79.5 Å². The van der Waals surface area contributed by atoms with Gasteiger partial charge in [-0.3, -0.25) is 4.79 Å². The number of hydrogen-bond donors (Lipinski definition) is 3. The molecule has 1 aromatic heterocycles. The van der Waals surface area contributed by atoms with Crippen LogP contribution in [0.4, 0.5) is 17.3 Å². The van der Waals surface area contributed by atoms with Crippen molar-refractivity contribution in [3.63, 3.8) is 0 Å². The first-order valence-corrected chi connectivity index (χ1v) is 12.7. The maximum atomic E-state index is 13.0. The van der Waals surface area contributed by atoms with Gasteiger partial charge >= 0.3 is 0 Å². The molecule has 3 aromatic rings. The van der Waals surface area contributed by atoms with Gasteiger partial charge in [0.15, 0.2) is 0 Å². The summed E-state index contributed by atoms with van der Waals surface area (Å²) in [6.45, 7) is 10.6. The van der Waals surface area contributed by atoms with Crippen molar-refractivity contribution in [3.05, 3.63) is 107 Å². The lowest BCUT2D eigenvalue weighted by Crippen LogP contribution is -2.13. The molecule has 3 rings (SSSR count). The summed E-state index contributed by atoms with van der Waals surface area (Å²) >= 11 is 0. The van der Waals surface area contributed by atoms with Gasteiger partial charge in [0.05, 0.1) is 5.69 Å². The number of carbonyl (C=O) groups excluding carboxylic acids is 1. The molecule has 6 heteroatoms. The standard InChI is InChI=1S/C31H37N5O/c1-5-7-11-24(6-2)28-17-19-33-31(35-28)36-29-21-27(16-13-22(29)3)34-30(37)26-15-14-25(23(4)20-26)12-9-8-10-18-32/h5-7,11,13-17,19-21H,2,8-10,12,18,32H2,1,3-4H3,(H,34,37)(H,33,35,36)/b7-5-,24-11+. The van der Waals surface area contributed by atoms with Crippen LogP contribution in [0.25, 0.3) is 5.57 Å². The number of nitrogens with two attached hydrogens (primary N) is 1. The van der Waals surface area contributed by atoms with Crippen molar-refractivity contribution in [1.29, 1.82) is 0 Å². The highest BCUT2D eigenvalue weighted by Gasteiger charge is 2.11. The molecule has 0 saturated carbocycles. The van der Waals surface area contributed by atoms with E-state index in [0.717, 1.165) is 60.3 Å². The second-order valence-corrected chi connectivity index (χ2v) is 8.97. The topological polar surface area (TPSA) is 92.9 Å². The number of aromatic nitrogens is 2. The second-order valence-electron chi connectivity index (χ2n) is 8.97. The Morgan fingerprint density at radius 1 is 1.05 bits per heavy atom. The second kappa shape index (κ2) is 13.9. The largest absolute Gasteiger partial charge is 0.330 e. The lowest BCUT2D eigenvalue weighted by Gasteiger charge is -2.13. The van der Waals surface area contributed by atoms with E-state index in [2.05, 4.69) is 40.2 Å². The van der Waals surface area contributed by atoms with Gasteiger partial charge in [0.25, 0.3) is 5.91 Å². The molecule has 0 fully saturated rings. The van der Waals surface area contributed by atoms with E-state index in [1.165, 1.54) is 5.56 Å². The SMILES string of the molecule is C=C/C(=C\C=C/C)c1ccnc(Nc2cc(NC(=O)c3ccc(CCCCCN)c(C)c3)ccc2C)n1. The fourth-order valence-corrected chi connectivity index (χ4v) is 3.95. The third-order valence-electron chi connectivity index (χ3n) is 6.14. The summed E-state index contributed by atoms with van der Waals surface area (Å²) in [7, 11) is 0. The molecule has 0 saturated heterocycles. The number of hydrogen-bond acceptors (Lipinski definition) is 5. The summed E-state index contributed by atoms with van der Waals surface area (Å²) in [4.78, 5) is 22.0. The van der Waals surface area contributed by atoms with Crippen molar-refractivity contribution in [2.24, 2.45) is 5.73 Å². The Balaban J connectivity index is 1.72. The van der Waals surface area contributed by atoms with Crippen LogP contribution >= 0.6 is 0 Å². The first-order valence-electron chi connectivity index (χ1n) is 12.7. The first-order chi connectivity index (χ1) is 17.9. The quantitative estimate of drug-likeness (QED) is 0.188. The molecule has 2 aromatic carbocycles. The molecule has 0 bridgehead atoms. The zero-order valence-corrected chi connectivity index (χ0v) is 22.1. The Morgan fingerprint density at radius 2 is 1.89 bits per heavy atom. The maximum Gasteiger partial charge on any atom is 0.255 e. The molecule has 4 N–H and O–H groups in total. The third-order valence-corrected chi connectivity index (χ3v) is 6.14. The lowest BCUT2D eigenvalue weighted by atomic mass is 9.99. The van der Waals surface area contributed by atoms with Gasteiger partial charge in [0.2, 0.25) is 5.95 Å². The smallest absolute Gasteiger partial charge is 0.255 e. The molecule has 6 nitrogen and oxygen atoms in total. The van der Waals surface area contributed by atoms with Crippen molar-refractivity contribution in [1.82, 2.24) is 9.97 Å². The third kappa shape index (κ3) is 7.98. The van der Waals surface area contributed by atoms with E-state index in [-0.39, 0.29) is 5.91 Å². The summed E-state index contributed by atoms with van der Waals surface area (Å²) in [6, 6.07) is 13.5. The molecule has 0 aliphatic heterocycles. The average molecular weight is 496 g/mol. The Bertz CT molecular complexity index is 1290. The molecule has 0 aliphatic carbocycles. The highest BCUT2D eigenvalue weighted by Crippen LogP contribution is 2.24. The van der Waals surface area contributed by atoms with Gasteiger partial charge in [-0.05, 0) is 99.2 Å². The van der Waals surface area contributed by atoms with Crippen LogP contribution in [0.3, 0.4) is 0 Å². The van der Waals surface area contributed by atoms with E-state index in [1.54, 1.807) is 12.3 Å². The predicted octanol–water partition coefficient (Wildman–Crippen LogP) is 6.91. The normalized spacial score (nSPS) is 11.5. The van der Waals surface area contributed by atoms with Crippen molar-refractivity contribution in [3.8, 4) is 0 Å². The lowest BCUT2D eigenvalue weighted by molar-refractivity contribution is 0.102. The first kappa shape index (κ1) is 27.6. The van der Waals surface area contributed by atoms with Gasteiger partial charge in [-0.1, -0.05) is 49.4 Å². The van der Waals surface area contributed by atoms with Crippen LogP contribution in [0.5, 0.6) is 0 Å². The summed E-state index contributed by atoms with van der Waals surface area (Å²) in [5.74, 6) is 0.325. The van der Waals surface area contributed by atoms with Crippen LogP contribution in [-0.2, 0) is 6.42 Å². The molecular formula is C31H37N5O. The molecule has 0 unspecified atom stereocenters. The number of rotatable bonds is 12. The monoisotopic (exact) mass is 495 g/mol. The highest BCUT2D eigenvalue weighted by atomic mass is 16.1. The van der Waals surface area contributed by atoms with Crippen LogP contribution < -0.4 is 16.4 Å². The molecule has 0 spiro atoms. The van der Waals surface area contributed by atoms with Gasteiger partial charge in [0, 0.05) is 23.1 Å². The Morgan fingerprint density at radius 3 is 2.62 bits per heavy atom. The summed E-state index contributed by atoms with van der Waals surface area (Å²) in [5, 5.41) is 6.30. The predicted molar refractivity (Wildman–Crippen MR) is 155 cm³/mol. The van der Waals surface area contributed by atoms with Gasteiger partial charge in [0.1, 0.15) is 0 Å². The van der Waals surface area contributed by atoms with E-state index < -0.39 is 0 Å². The number of anilines is 3. The number of nitrogens with one attached hydrogen (secondary N) is 2. The molecule has 0 atom stereocenters. The maximum absolute atomic E-state index is 13.0. The van der Waals surface area contributed by atoms with Crippen molar-refractivity contribution in [2.75, 3.05) is 17.2 Å². The van der Waals surface area contributed by atoms with Gasteiger partial charge in [-0.25, -0.2) is 9.97 Å². The van der Waals surface area contributed by atoms with Crippen LogP contribution in [0.2, 0.25) is 0 Å². The molecular weight excluding hydrogens is 458 g/mol. The average Bonchev–Trinajstić information content (AvgIpc) is 2.90. The van der Waals surface area contributed by atoms with Crippen LogP contribution in [-0.4, -0.2) is 22.4 Å². The fraction of sp³-hybridized carbons (Fsp3) is 0.258. The fourth-order valence-electron chi connectivity index (χ4n) is 3.95. The van der Waals surface area contributed by atoms with E-state index in [9.17, 15) is 4.79 Å². The number of aryl methyl sites for hydroxylation is 3. The Kier molecular flexibility index (Phi) is 10.4. The minimum Gasteiger partial charge on any atom is -0.330 e. The zero-order chi connectivity index (χ0) is 26.6. The highest BCUT2D eigenvalue weighted by molar-refractivity contribution is 6.04.